The quantitative estimate of drug-likeness (QED) is 0.477. The number of nitro groups is 1. The summed E-state index contributed by atoms with van der Waals surface area (Å²) < 4.78 is 5.05. The van der Waals surface area contributed by atoms with Crippen molar-refractivity contribution in [3.8, 4) is 0 Å². The second-order valence-electron chi connectivity index (χ2n) is 3.97. The number of hydrogen-bond acceptors (Lipinski definition) is 5. The van der Waals surface area contributed by atoms with E-state index in [0.717, 1.165) is 0 Å². The van der Waals surface area contributed by atoms with Crippen molar-refractivity contribution in [1.82, 2.24) is 0 Å². The predicted octanol–water partition coefficient (Wildman–Crippen LogP) is 2.24. The molecule has 1 atom stereocenters. The van der Waals surface area contributed by atoms with Gasteiger partial charge in [0.2, 0.25) is 0 Å². The van der Waals surface area contributed by atoms with Crippen molar-refractivity contribution in [2.45, 2.75) is 20.0 Å². The molecule has 0 fully saturated rings. The number of nitro benzene ring substituents is 1. The van der Waals surface area contributed by atoms with Crippen LogP contribution in [0.2, 0.25) is 0 Å². The molecule has 0 amide bonds. The van der Waals surface area contributed by atoms with Crippen LogP contribution in [0.1, 0.15) is 24.2 Å². The van der Waals surface area contributed by atoms with Crippen molar-refractivity contribution < 1.29 is 14.5 Å². The fourth-order valence-electron chi connectivity index (χ4n) is 1.39. The maximum Gasteiger partial charge on any atom is 0.292 e. The van der Waals surface area contributed by atoms with Crippen LogP contribution in [0.3, 0.4) is 0 Å². The lowest BCUT2D eigenvalue weighted by Gasteiger charge is -2.12. The van der Waals surface area contributed by atoms with E-state index in [4.69, 9.17) is 4.74 Å². The summed E-state index contributed by atoms with van der Waals surface area (Å²) in [5, 5.41) is 13.8. The molecule has 1 aromatic carbocycles. The second-order valence-corrected chi connectivity index (χ2v) is 3.97. The Labute approximate surface area is 105 Å². The summed E-state index contributed by atoms with van der Waals surface area (Å²) in [4.78, 5) is 21.6. The molecule has 0 aliphatic carbocycles. The Hall–Kier alpha value is -1.95. The van der Waals surface area contributed by atoms with Crippen LogP contribution in [0.15, 0.2) is 18.2 Å². The number of nitrogens with zero attached hydrogens (tertiary/aromatic N) is 1. The van der Waals surface area contributed by atoms with E-state index in [1.807, 2.05) is 6.92 Å². The number of benzene rings is 1. The minimum Gasteiger partial charge on any atom is -0.380 e. The summed E-state index contributed by atoms with van der Waals surface area (Å²) in [6, 6.07) is 4.27. The van der Waals surface area contributed by atoms with E-state index in [2.05, 4.69) is 5.32 Å². The summed E-state index contributed by atoms with van der Waals surface area (Å²) in [6.07, 6.45) is -0.0782. The highest BCUT2D eigenvalue weighted by molar-refractivity contribution is 5.95. The normalized spacial score (nSPS) is 11.9. The fraction of sp³-hybridized carbons (Fsp3) is 0.417. The Morgan fingerprint density at radius 3 is 2.72 bits per heavy atom. The molecule has 0 heterocycles. The average molecular weight is 252 g/mol. The zero-order valence-corrected chi connectivity index (χ0v) is 10.6. The summed E-state index contributed by atoms with van der Waals surface area (Å²) in [5.74, 6) is -0.132. The van der Waals surface area contributed by atoms with E-state index in [-0.39, 0.29) is 17.6 Å². The SMILES string of the molecule is CO[C@H](C)CNc1cc(C(C)=O)ccc1[N+](=O)[O-]. The highest BCUT2D eigenvalue weighted by Crippen LogP contribution is 2.25. The van der Waals surface area contributed by atoms with E-state index in [1.165, 1.54) is 25.1 Å². The van der Waals surface area contributed by atoms with Crippen LogP contribution < -0.4 is 5.32 Å². The number of carbonyl (C=O) groups excluding carboxylic acids is 1. The van der Waals surface area contributed by atoms with Crippen LogP contribution in [0.25, 0.3) is 0 Å². The average Bonchev–Trinajstić information content (AvgIpc) is 2.35. The van der Waals surface area contributed by atoms with Crippen LogP contribution in [0, 0.1) is 10.1 Å². The summed E-state index contributed by atoms with van der Waals surface area (Å²) in [6.45, 7) is 3.69. The first-order valence-corrected chi connectivity index (χ1v) is 5.51. The molecule has 18 heavy (non-hydrogen) atoms. The summed E-state index contributed by atoms with van der Waals surface area (Å²) >= 11 is 0. The van der Waals surface area contributed by atoms with E-state index in [0.29, 0.717) is 17.8 Å². The number of rotatable bonds is 6. The Bertz CT molecular complexity index is 459. The molecule has 0 bridgehead atoms. The number of hydrogen-bond donors (Lipinski definition) is 1. The first kappa shape index (κ1) is 14.1. The van der Waals surface area contributed by atoms with Gasteiger partial charge in [-0.15, -0.1) is 0 Å². The lowest BCUT2D eigenvalue weighted by Crippen LogP contribution is -2.18. The lowest BCUT2D eigenvalue weighted by atomic mass is 10.1. The molecule has 98 valence electrons. The van der Waals surface area contributed by atoms with Crippen LogP contribution >= 0.6 is 0 Å². The van der Waals surface area contributed by atoms with Gasteiger partial charge in [-0.1, -0.05) is 0 Å². The smallest absolute Gasteiger partial charge is 0.292 e. The monoisotopic (exact) mass is 252 g/mol. The van der Waals surface area contributed by atoms with Gasteiger partial charge in [0, 0.05) is 25.3 Å². The Balaban J connectivity index is 3.00. The van der Waals surface area contributed by atoms with Crippen LogP contribution in [0.4, 0.5) is 11.4 Å². The lowest BCUT2D eigenvalue weighted by molar-refractivity contribution is -0.384. The molecule has 1 aromatic rings. The van der Waals surface area contributed by atoms with Crippen molar-refractivity contribution in [3.05, 3.63) is 33.9 Å². The number of carbonyl (C=O) groups is 1. The third kappa shape index (κ3) is 3.53. The molecule has 1 N–H and O–H groups in total. The molecule has 1 rings (SSSR count). The van der Waals surface area contributed by atoms with E-state index >= 15 is 0 Å². The molecule has 0 aromatic heterocycles. The van der Waals surface area contributed by atoms with Crippen molar-refractivity contribution >= 4 is 17.2 Å². The zero-order chi connectivity index (χ0) is 13.7. The first-order chi connectivity index (χ1) is 8.45. The molecule has 6 heteroatoms. The zero-order valence-electron chi connectivity index (χ0n) is 10.6. The number of ether oxygens (including phenoxy) is 1. The van der Waals surface area contributed by atoms with Gasteiger partial charge in [0.05, 0.1) is 11.0 Å². The number of nitrogens with one attached hydrogen (secondary N) is 1. The van der Waals surface area contributed by atoms with Gasteiger partial charge in [-0.2, -0.15) is 0 Å². The standard InChI is InChI=1S/C12H16N2O4/c1-8(18-3)7-13-11-6-10(9(2)15)4-5-12(11)14(16)17/h4-6,8,13H,7H2,1-3H3/t8-/m1/s1. The number of ketones is 1. The Morgan fingerprint density at radius 1 is 1.56 bits per heavy atom. The molecule has 0 unspecified atom stereocenters. The van der Waals surface area contributed by atoms with E-state index < -0.39 is 4.92 Å². The third-order valence-electron chi connectivity index (χ3n) is 2.58. The van der Waals surface area contributed by atoms with Crippen molar-refractivity contribution in [2.24, 2.45) is 0 Å². The van der Waals surface area contributed by atoms with E-state index in [1.54, 1.807) is 7.11 Å². The van der Waals surface area contributed by atoms with Crippen molar-refractivity contribution in [1.29, 1.82) is 0 Å². The largest absolute Gasteiger partial charge is 0.380 e. The summed E-state index contributed by atoms with van der Waals surface area (Å²) in [7, 11) is 1.56. The third-order valence-corrected chi connectivity index (χ3v) is 2.58. The first-order valence-electron chi connectivity index (χ1n) is 5.51. The second kappa shape index (κ2) is 6.11. The van der Waals surface area contributed by atoms with Gasteiger partial charge in [0.1, 0.15) is 5.69 Å². The molecule has 0 saturated carbocycles. The van der Waals surface area contributed by atoms with Crippen LogP contribution in [-0.4, -0.2) is 30.5 Å². The highest BCUT2D eigenvalue weighted by Gasteiger charge is 2.15. The number of Topliss-reactive ketones (excluding diaryl/α,β-unsaturated/α-hetero) is 1. The molecule has 0 aliphatic heterocycles. The Kier molecular flexibility index (Phi) is 4.79. The van der Waals surface area contributed by atoms with Crippen molar-refractivity contribution in [2.75, 3.05) is 19.0 Å². The summed E-state index contributed by atoms with van der Waals surface area (Å²) in [5.41, 5.74) is 0.716. The minimum absolute atomic E-state index is 0.0525. The molecular weight excluding hydrogens is 236 g/mol. The molecule has 0 radical (unpaired) electrons. The molecule has 0 spiro atoms. The molecule has 6 nitrogen and oxygen atoms in total. The fourth-order valence-corrected chi connectivity index (χ4v) is 1.39. The van der Waals surface area contributed by atoms with Gasteiger partial charge in [0.15, 0.2) is 5.78 Å². The minimum atomic E-state index is -0.482. The van der Waals surface area contributed by atoms with Crippen LogP contribution in [-0.2, 0) is 4.74 Å². The van der Waals surface area contributed by atoms with Crippen molar-refractivity contribution in [3.63, 3.8) is 0 Å². The maximum absolute atomic E-state index is 11.3. The predicted molar refractivity (Wildman–Crippen MR) is 68.1 cm³/mol. The molecule has 0 saturated heterocycles. The number of methoxy groups -OCH3 is 1. The van der Waals surface area contributed by atoms with E-state index in [9.17, 15) is 14.9 Å². The molecular formula is C12H16N2O4. The van der Waals surface area contributed by atoms with Gasteiger partial charge in [-0.05, 0) is 26.0 Å². The van der Waals surface area contributed by atoms with Gasteiger partial charge in [0.25, 0.3) is 5.69 Å². The van der Waals surface area contributed by atoms with Gasteiger partial charge < -0.3 is 10.1 Å². The Morgan fingerprint density at radius 2 is 2.22 bits per heavy atom. The van der Waals surface area contributed by atoms with Crippen LogP contribution in [0.5, 0.6) is 0 Å². The highest BCUT2D eigenvalue weighted by atomic mass is 16.6. The molecule has 0 aliphatic rings. The maximum atomic E-state index is 11.3. The van der Waals surface area contributed by atoms with Gasteiger partial charge >= 0.3 is 0 Å². The topological polar surface area (TPSA) is 81.5 Å². The number of anilines is 1. The van der Waals surface area contributed by atoms with Gasteiger partial charge in [-0.3, -0.25) is 14.9 Å². The van der Waals surface area contributed by atoms with Gasteiger partial charge in [-0.25, -0.2) is 0 Å².